The fourth-order valence-corrected chi connectivity index (χ4v) is 3.59. The number of aryl methyl sites for hydroxylation is 2. The first kappa shape index (κ1) is 14.6. The van der Waals surface area contributed by atoms with E-state index >= 15 is 0 Å². The molecule has 19 heavy (non-hydrogen) atoms. The molecule has 2 rings (SSSR count). The van der Waals surface area contributed by atoms with E-state index in [4.69, 9.17) is 5.84 Å². The van der Waals surface area contributed by atoms with Gasteiger partial charge in [0.15, 0.2) is 0 Å². The minimum absolute atomic E-state index is 0.0547. The van der Waals surface area contributed by atoms with Crippen LogP contribution < -0.4 is 11.3 Å². The van der Waals surface area contributed by atoms with E-state index in [1.54, 1.807) is 11.3 Å². The van der Waals surface area contributed by atoms with Gasteiger partial charge in [0.1, 0.15) is 0 Å². The molecule has 0 spiro atoms. The third-order valence-corrected chi connectivity index (χ3v) is 4.97. The van der Waals surface area contributed by atoms with Gasteiger partial charge in [0, 0.05) is 15.8 Å². The lowest BCUT2D eigenvalue weighted by molar-refractivity contribution is 0.544. The molecule has 0 radical (unpaired) electrons. The maximum atomic E-state index is 5.74. The van der Waals surface area contributed by atoms with Crippen LogP contribution in [-0.2, 0) is 12.8 Å². The van der Waals surface area contributed by atoms with Gasteiger partial charge in [-0.2, -0.15) is 10.2 Å². The zero-order chi connectivity index (χ0) is 13.8. The van der Waals surface area contributed by atoms with Crippen molar-refractivity contribution in [3.05, 3.63) is 43.8 Å². The fraction of sp³-hybridized carbons (Fsp3) is 0.385. The van der Waals surface area contributed by atoms with Gasteiger partial charge in [-0.25, -0.2) is 0 Å². The average molecular weight is 341 g/mol. The Morgan fingerprint density at radius 1 is 1.47 bits per heavy atom. The van der Waals surface area contributed by atoms with Gasteiger partial charge in [-0.05, 0) is 52.4 Å². The Balaban J connectivity index is 2.31. The molecule has 1 unspecified atom stereocenters. The van der Waals surface area contributed by atoms with Crippen molar-refractivity contribution in [1.29, 1.82) is 0 Å². The van der Waals surface area contributed by atoms with Gasteiger partial charge in [-0.15, -0.1) is 11.3 Å². The molecule has 2 aromatic rings. The van der Waals surface area contributed by atoms with Crippen LogP contribution in [0.3, 0.4) is 0 Å². The first-order valence-electron chi connectivity index (χ1n) is 6.16. The molecule has 3 N–H and O–H groups in total. The maximum absolute atomic E-state index is 5.74. The SMILES string of the molecule is CCc1nnc(C)cc1C(Cc1sccc1Br)NN. The number of rotatable bonds is 5. The second-order valence-corrected chi connectivity index (χ2v) is 6.21. The third-order valence-electron chi connectivity index (χ3n) is 3.02. The van der Waals surface area contributed by atoms with Crippen LogP contribution in [0.1, 0.15) is 34.8 Å². The van der Waals surface area contributed by atoms with E-state index in [2.05, 4.69) is 56.0 Å². The second kappa shape index (κ2) is 6.56. The van der Waals surface area contributed by atoms with Gasteiger partial charge in [-0.1, -0.05) is 6.92 Å². The number of hydrogen-bond acceptors (Lipinski definition) is 5. The highest BCUT2D eigenvalue weighted by atomic mass is 79.9. The van der Waals surface area contributed by atoms with E-state index < -0.39 is 0 Å². The Morgan fingerprint density at radius 2 is 2.26 bits per heavy atom. The van der Waals surface area contributed by atoms with Crippen LogP contribution in [0, 0.1) is 6.92 Å². The number of aromatic nitrogens is 2. The summed E-state index contributed by atoms with van der Waals surface area (Å²) in [6.45, 7) is 4.03. The van der Waals surface area contributed by atoms with Crippen LogP contribution in [0.4, 0.5) is 0 Å². The number of nitrogens with one attached hydrogen (secondary N) is 1. The third kappa shape index (κ3) is 3.39. The van der Waals surface area contributed by atoms with Crippen LogP contribution >= 0.6 is 27.3 Å². The minimum Gasteiger partial charge on any atom is -0.271 e. The predicted octanol–water partition coefficient (Wildman–Crippen LogP) is 2.92. The Labute approximate surface area is 125 Å². The molecule has 0 amide bonds. The quantitative estimate of drug-likeness (QED) is 0.648. The topological polar surface area (TPSA) is 63.8 Å². The molecule has 0 bridgehead atoms. The first-order chi connectivity index (χ1) is 9.15. The summed E-state index contributed by atoms with van der Waals surface area (Å²) < 4.78 is 1.13. The minimum atomic E-state index is 0.0547. The molecule has 102 valence electrons. The summed E-state index contributed by atoms with van der Waals surface area (Å²) >= 11 is 5.29. The predicted molar refractivity (Wildman–Crippen MR) is 81.9 cm³/mol. The Bertz CT molecular complexity index is 555. The van der Waals surface area contributed by atoms with Crippen molar-refractivity contribution in [3.63, 3.8) is 0 Å². The van der Waals surface area contributed by atoms with Gasteiger partial charge < -0.3 is 0 Å². The Kier molecular flexibility index (Phi) is 5.04. The molecule has 0 saturated carbocycles. The summed E-state index contributed by atoms with van der Waals surface area (Å²) in [4.78, 5) is 1.28. The standard InChI is InChI=1S/C13H17BrN4S/c1-3-11-9(6-8(2)17-18-11)12(16-15)7-13-10(14)4-5-19-13/h4-6,12,16H,3,7,15H2,1-2H3. The summed E-state index contributed by atoms with van der Waals surface area (Å²) in [5.74, 6) is 5.74. The highest BCUT2D eigenvalue weighted by Gasteiger charge is 2.17. The molecule has 6 heteroatoms. The Hall–Kier alpha value is -0.820. The summed E-state index contributed by atoms with van der Waals surface area (Å²) in [7, 11) is 0. The fourth-order valence-electron chi connectivity index (χ4n) is 2.03. The molecule has 0 aliphatic rings. The van der Waals surface area contributed by atoms with E-state index in [-0.39, 0.29) is 6.04 Å². The van der Waals surface area contributed by atoms with Crippen molar-refractivity contribution < 1.29 is 0 Å². The smallest absolute Gasteiger partial charge is 0.0676 e. The van der Waals surface area contributed by atoms with Crippen LogP contribution in [0.2, 0.25) is 0 Å². The molecule has 0 saturated heterocycles. The number of hydrazine groups is 1. The Morgan fingerprint density at radius 3 is 2.84 bits per heavy atom. The molecule has 0 aromatic carbocycles. The van der Waals surface area contributed by atoms with Crippen molar-refractivity contribution in [2.24, 2.45) is 5.84 Å². The summed E-state index contributed by atoms with van der Waals surface area (Å²) in [5, 5.41) is 10.5. The molecule has 1 atom stereocenters. The highest BCUT2D eigenvalue weighted by Crippen LogP contribution is 2.29. The van der Waals surface area contributed by atoms with Crippen LogP contribution in [0.5, 0.6) is 0 Å². The lowest BCUT2D eigenvalue weighted by Crippen LogP contribution is -2.30. The van der Waals surface area contributed by atoms with Crippen molar-refractivity contribution in [3.8, 4) is 0 Å². The molecule has 4 nitrogen and oxygen atoms in total. The zero-order valence-corrected chi connectivity index (χ0v) is 13.4. The number of nitrogens with two attached hydrogens (primary N) is 1. The van der Waals surface area contributed by atoms with Gasteiger partial charge in [0.05, 0.1) is 17.4 Å². The lowest BCUT2D eigenvalue weighted by atomic mass is 10.0. The zero-order valence-electron chi connectivity index (χ0n) is 11.0. The largest absolute Gasteiger partial charge is 0.271 e. The monoisotopic (exact) mass is 340 g/mol. The van der Waals surface area contributed by atoms with Crippen molar-refractivity contribution in [2.45, 2.75) is 32.7 Å². The molecule has 0 fully saturated rings. The normalized spacial score (nSPS) is 12.6. The van der Waals surface area contributed by atoms with E-state index in [1.165, 1.54) is 4.88 Å². The maximum Gasteiger partial charge on any atom is 0.0676 e. The van der Waals surface area contributed by atoms with Gasteiger partial charge in [0.25, 0.3) is 0 Å². The van der Waals surface area contributed by atoms with E-state index in [0.29, 0.717) is 0 Å². The number of halogens is 1. The molecule has 0 aliphatic heterocycles. The molecule has 2 heterocycles. The van der Waals surface area contributed by atoms with E-state index in [1.807, 2.05) is 6.92 Å². The first-order valence-corrected chi connectivity index (χ1v) is 7.84. The highest BCUT2D eigenvalue weighted by molar-refractivity contribution is 9.10. The molecular weight excluding hydrogens is 324 g/mol. The van der Waals surface area contributed by atoms with Crippen LogP contribution in [0.15, 0.2) is 22.0 Å². The summed E-state index contributed by atoms with van der Waals surface area (Å²) in [6, 6.07) is 4.18. The number of nitrogens with zero attached hydrogens (tertiary/aromatic N) is 2. The summed E-state index contributed by atoms with van der Waals surface area (Å²) in [6.07, 6.45) is 1.69. The van der Waals surface area contributed by atoms with Crippen molar-refractivity contribution in [1.82, 2.24) is 15.6 Å². The number of thiophene rings is 1. The van der Waals surface area contributed by atoms with Gasteiger partial charge >= 0.3 is 0 Å². The average Bonchev–Trinajstić information content (AvgIpc) is 2.81. The van der Waals surface area contributed by atoms with E-state index in [0.717, 1.165) is 34.3 Å². The molecule has 0 aliphatic carbocycles. The molecular formula is C13H17BrN4S. The summed E-state index contributed by atoms with van der Waals surface area (Å²) in [5.41, 5.74) is 5.96. The lowest BCUT2D eigenvalue weighted by Gasteiger charge is -2.18. The van der Waals surface area contributed by atoms with Crippen LogP contribution in [-0.4, -0.2) is 10.2 Å². The second-order valence-electron chi connectivity index (χ2n) is 4.36. The van der Waals surface area contributed by atoms with Gasteiger partial charge in [0.2, 0.25) is 0 Å². The van der Waals surface area contributed by atoms with Crippen LogP contribution in [0.25, 0.3) is 0 Å². The van der Waals surface area contributed by atoms with Crippen molar-refractivity contribution in [2.75, 3.05) is 0 Å². The molecule has 2 aromatic heterocycles. The van der Waals surface area contributed by atoms with Crippen molar-refractivity contribution >= 4 is 27.3 Å². The van der Waals surface area contributed by atoms with E-state index in [9.17, 15) is 0 Å². The van der Waals surface area contributed by atoms with Gasteiger partial charge in [-0.3, -0.25) is 11.3 Å². The number of hydrogen-bond donors (Lipinski definition) is 2.